The van der Waals surface area contributed by atoms with Gasteiger partial charge in [-0.1, -0.05) is 11.8 Å². The van der Waals surface area contributed by atoms with Crippen molar-refractivity contribution in [2.24, 2.45) is 0 Å². The number of nitrogens with zero attached hydrogens (tertiary/aromatic N) is 1. The molecule has 0 heterocycles. The number of carbonyl (C=O) groups excluding carboxylic acids is 1. The van der Waals surface area contributed by atoms with E-state index in [0.29, 0.717) is 5.56 Å². The van der Waals surface area contributed by atoms with Gasteiger partial charge in [-0.2, -0.15) is 0 Å². The molecule has 0 saturated heterocycles. The second-order valence-electron chi connectivity index (χ2n) is 4.66. The highest BCUT2D eigenvalue weighted by Gasteiger charge is 2.26. The Morgan fingerprint density at radius 3 is 2.79 bits per heavy atom. The normalized spacial score (nSPS) is 14.3. The molecule has 3 nitrogen and oxygen atoms in total. The van der Waals surface area contributed by atoms with Crippen LogP contribution in [-0.4, -0.2) is 35.6 Å². The molecule has 1 amide bonds. The highest BCUT2D eigenvalue weighted by Crippen LogP contribution is 2.25. The standard InChI is InChI=1S/C15H16FNO2/c1-17(13-5-2-6-13)15(19)12-8-7-11(4-3-9-18)14(16)10-12/h7-8,10,13,18H,2,5-6,9H2,1H3. The van der Waals surface area contributed by atoms with E-state index in [9.17, 15) is 9.18 Å². The summed E-state index contributed by atoms with van der Waals surface area (Å²) in [6.07, 6.45) is 3.18. The summed E-state index contributed by atoms with van der Waals surface area (Å²) in [5.41, 5.74) is 0.526. The van der Waals surface area contributed by atoms with Crippen LogP contribution < -0.4 is 0 Å². The Morgan fingerprint density at radius 2 is 2.26 bits per heavy atom. The predicted molar refractivity (Wildman–Crippen MR) is 70.1 cm³/mol. The smallest absolute Gasteiger partial charge is 0.253 e. The quantitative estimate of drug-likeness (QED) is 0.825. The van der Waals surface area contributed by atoms with E-state index in [0.717, 1.165) is 19.3 Å². The molecule has 1 aromatic rings. The Hall–Kier alpha value is -1.86. The molecule has 0 atom stereocenters. The molecule has 2 rings (SSSR count). The number of halogens is 1. The first-order valence-electron chi connectivity index (χ1n) is 6.30. The average molecular weight is 261 g/mol. The van der Waals surface area contributed by atoms with Crippen molar-refractivity contribution in [3.8, 4) is 11.8 Å². The minimum Gasteiger partial charge on any atom is -0.384 e. The molecule has 0 aromatic heterocycles. The fourth-order valence-corrected chi connectivity index (χ4v) is 2.03. The summed E-state index contributed by atoms with van der Waals surface area (Å²) in [6, 6.07) is 4.53. The number of carbonyl (C=O) groups is 1. The van der Waals surface area contributed by atoms with E-state index in [1.165, 1.54) is 12.1 Å². The molecule has 1 fully saturated rings. The van der Waals surface area contributed by atoms with Gasteiger partial charge >= 0.3 is 0 Å². The number of hydrogen-bond donors (Lipinski definition) is 1. The lowest BCUT2D eigenvalue weighted by molar-refractivity contribution is 0.0651. The molecule has 4 heteroatoms. The van der Waals surface area contributed by atoms with Crippen molar-refractivity contribution < 1.29 is 14.3 Å². The minimum atomic E-state index is -0.534. The molecule has 1 aliphatic rings. The summed E-state index contributed by atoms with van der Waals surface area (Å²) in [5, 5.41) is 8.57. The SMILES string of the molecule is CN(C(=O)c1ccc(C#CCO)c(F)c1)C1CCC1. The Balaban J connectivity index is 2.16. The van der Waals surface area contributed by atoms with Crippen LogP contribution in [0.4, 0.5) is 4.39 Å². The summed E-state index contributed by atoms with van der Waals surface area (Å²) in [7, 11) is 1.75. The lowest BCUT2D eigenvalue weighted by Crippen LogP contribution is -2.41. The van der Waals surface area contributed by atoms with Crippen molar-refractivity contribution in [2.45, 2.75) is 25.3 Å². The van der Waals surface area contributed by atoms with Crippen molar-refractivity contribution in [1.29, 1.82) is 0 Å². The van der Waals surface area contributed by atoms with Crippen LogP contribution >= 0.6 is 0 Å². The lowest BCUT2D eigenvalue weighted by Gasteiger charge is -2.34. The molecule has 1 N–H and O–H groups in total. The zero-order valence-corrected chi connectivity index (χ0v) is 10.8. The van der Waals surface area contributed by atoms with E-state index < -0.39 is 5.82 Å². The minimum absolute atomic E-state index is 0.162. The van der Waals surface area contributed by atoms with Crippen LogP contribution in [0.25, 0.3) is 0 Å². The van der Waals surface area contributed by atoms with Crippen LogP contribution in [0.1, 0.15) is 35.2 Å². The van der Waals surface area contributed by atoms with E-state index in [2.05, 4.69) is 11.8 Å². The maximum atomic E-state index is 13.7. The van der Waals surface area contributed by atoms with Crippen molar-refractivity contribution in [3.05, 3.63) is 35.1 Å². The summed E-state index contributed by atoms with van der Waals surface area (Å²) in [4.78, 5) is 13.8. The van der Waals surface area contributed by atoms with Gasteiger partial charge in [0.2, 0.25) is 0 Å². The second-order valence-corrected chi connectivity index (χ2v) is 4.66. The van der Waals surface area contributed by atoms with Gasteiger partial charge < -0.3 is 10.0 Å². The molecule has 1 saturated carbocycles. The van der Waals surface area contributed by atoms with Crippen LogP contribution in [0.2, 0.25) is 0 Å². The van der Waals surface area contributed by atoms with Crippen LogP contribution in [0.3, 0.4) is 0 Å². The topological polar surface area (TPSA) is 40.5 Å². The number of benzene rings is 1. The molecular weight excluding hydrogens is 245 g/mol. The van der Waals surface area contributed by atoms with E-state index in [1.54, 1.807) is 18.0 Å². The van der Waals surface area contributed by atoms with Gasteiger partial charge in [0.05, 0.1) is 5.56 Å². The second kappa shape index (κ2) is 5.85. The number of rotatable bonds is 2. The molecule has 19 heavy (non-hydrogen) atoms. The molecule has 0 aliphatic heterocycles. The Labute approximate surface area is 112 Å². The molecule has 1 aliphatic carbocycles. The maximum Gasteiger partial charge on any atom is 0.253 e. The third-order valence-electron chi connectivity index (χ3n) is 3.46. The molecule has 0 bridgehead atoms. The number of aliphatic hydroxyl groups is 1. The van der Waals surface area contributed by atoms with Gasteiger partial charge in [-0.25, -0.2) is 4.39 Å². The summed E-state index contributed by atoms with van der Waals surface area (Å²) in [6.45, 7) is -0.315. The maximum absolute atomic E-state index is 13.7. The zero-order valence-electron chi connectivity index (χ0n) is 10.8. The first-order chi connectivity index (χ1) is 9.13. The highest BCUT2D eigenvalue weighted by atomic mass is 19.1. The van der Waals surface area contributed by atoms with Gasteiger partial charge in [0.15, 0.2) is 0 Å². The Morgan fingerprint density at radius 1 is 1.53 bits per heavy atom. The number of amides is 1. The lowest BCUT2D eigenvalue weighted by atomic mass is 9.91. The Bertz CT molecular complexity index is 541. The van der Waals surface area contributed by atoms with Gasteiger partial charge in [-0.15, -0.1) is 0 Å². The van der Waals surface area contributed by atoms with Gasteiger partial charge in [0.25, 0.3) is 5.91 Å². The van der Waals surface area contributed by atoms with Crippen molar-refractivity contribution in [1.82, 2.24) is 4.90 Å². The predicted octanol–water partition coefficient (Wildman–Crippen LogP) is 1.79. The van der Waals surface area contributed by atoms with Crippen molar-refractivity contribution in [2.75, 3.05) is 13.7 Å². The Kier molecular flexibility index (Phi) is 4.18. The van der Waals surface area contributed by atoms with Gasteiger partial charge in [0, 0.05) is 18.7 Å². The van der Waals surface area contributed by atoms with Crippen LogP contribution in [0.15, 0.2) is 18.2 Å². The van der Waals surface area contributed by atoms with Gasteiger partial charge in [-0.3, -0.25) is 4.79 Å². The van der Waals surface area contributed by atoms with Crippen LogP contribution in [0.5, 0.6) is 0 Å². The zero-order chi connectivity index (χ0) is 13.8. The summed E-state index contributed by atoms with van der Waals surface area (Å²) >= 11 is 0. The van der Waals surface area contributed by atoms with E-state index >= 15 is 0 Å². The van der Waals surface area contributed by atoms with Crippen molar-refractivity contribution >= 4 is 5.91 Å². The fourth-order valence-electron chi connectivity index (χ4n) is 2.03. The first-order valence-corrected chi connectivity index (χ1v) is 6.30. The molecule has 0 spiro atoms. The molecule has 0 radical (unpaired) electrons. The molecule has 100 valence electrons. The first kappa shape index (κ1) is 13.6. The fraction of sp³-hybridized carbons (Fsp3) is 0.400. The third-order valence-corrected chi connectivity index (χ3v) is 3.46. The summed E-state index contributed by atoms with van der Waals surface area (Å²) < 4.78 is 13.7. The van der Waals surface area contributed by atoms with Crippen LogP contribution in [0, 0.1) is 17.7 Å². The average Bonchev–Trinajstić information content (AvgIpc) is 2.34. The van der Waals surface area contributed by atoms with Crippen molar-refractivity contribution in [3.63, 3.8) is 0 Å². The van der Waals surface area contributed by atoms with Gasteiger partial charge in [-0.05, 0) is 37.5 Å². The number of hydrogen-bond acceptors (Lipinski definition) is 2. The van der Waals surface area contributed by atoms with E-state index in [1.807, 2.05) is 0 Å². The highest BCUT2D eigenvalue weighted by molar-refractivity contribution is 5.94. The monoisotopic (exact) mass is 261 g/mol. The van der Waals surface area contributed by atoms with E-state index in [-0.39, 0.29) is 24.1 Å². The third kappa shape index (κ3) is 2.94. The summed E-state index contributed by atoms with van der Waals surface area (Å²) in [5.74, 6) is 4.19. The molecule has 1 aromatic carbocycles. The molecule has 0 unspecified atom stereocenters. The van der Waals surface area contributed by atoms with Gasteiger partial charge in [0.1, 0.15) is 12.4 Å². The largest absolute Gasteiger partial charge is 0.384 e. The number of aliphatic hydroxyl groups excluding tert-OH is 1. The molecular formula is C15H16FNO2. The van der Waals surface area contributed by atoms with Crippen LogP contribution in [-0.2, 0) is 0 Å². The van der Waals surface area contributed by atoms with E-state index in [4.69, 9.17) is 5.11 Å².